The Labute approximate surface area is 87.2 Å². The van der Waals surface area contributed by atoms with Gasteiger partial charge in [0.1, 0.15) is 11.8 Å². The summed E-state index contributed by atoms with van der Waals surface area (Å²) in [5, 5.41) is 2.56. The highest BCUT2D eigenvalue weighted by Gasteiger charge is 2.28. The van der Waals surface area contributed by atoms with Gasteiger partial charge in [0.25, 0.3) is 0 Å². The van der Waals surface area contributed by atoms with Gasteiger partial charge in [-0.3, -0.25) is 4.79 Å². The first kappa shape index (κ1) is 9.71. The zero-order chi connectivity index (χ0) is 10.7. The third-order valence-electron chi connectivity index (χ3n) is 2.24. The van der Waals surface area contributed by atoms with Crippen LogP contribution in [0.5, 0.6) is 5.75 Å². The minimum absolute atomic E-state index is 0.0926. The SMILES string of the molecule is O=C1CC[C@@H](C(=O)Oc2ccccc2)N1. The molecule has 0 aliphatic carbocycles. The van der Waals surface area contributed by atoms with Gasteiger partial charge in [-0.15, -0.1) is 0 Å². The van der Waals surface area contributed by atoms with Crippen molar-refractivity contribution in [3.63, 3.8) is 0 Å². The van der Waals surface area contributed by atoms with E-state index in [1.54, 1.807) is 24.3 Å². The highest BCUT2D eigenvalue weighted by atomic mass is 16.5. The summed E-state index contributed by atoms with van der Waals surface area (Å²) in [6.45, 7) is 0. The van der Waals surface area contributed by atoms with Gasteiger partial charge in [-0.2, -0.15) is 0 Å². The van der Waals surface area contributed by atoms with Crippen molar-refractivity contribution in [2.45, 2.75) is 18.9 Å². The fraction of sp³-hybridized carbons (Fsp3) is 0.273. The molecule has 78 valence electrons. The van der Waals surface area contributed by atoms with Crippen LogP contribution in [-0.2, 0) is 9.59 Å². The molecule has 15 heavy (non-hydrogen) atoms. The van der Waals surface area contributed by atoms with Crippen LogP contribution in [0, 0.1) is 0 Å². The number of benzene rings is 1. The fourth-order valence-corrected chi connectivity index (χ4v) is 1.47. The molecule has 0 aromatic heterocycles. The number of carbonyl (C=O) groups excluding carboxylic acids is 2. The Kier molecular flexibility index (Phi) is 2.67. The third kappa shape index (κ3) is 2.34. The van der Waals surface area contributed by atoms with Gasteiger partial charge in [-0.25, -0.2) is 4.79 Å². The molecule has 1 N–H and O–H groups in total. The van der Waals surface area contributed by atoms with Crippen LogP contribution in [-0.4, -0.2) is 17.9 Å². The number of rotatable bonds is 2. The van der Waals surface area contributed by atoms with Gasteiger partial charge in [0.2, 0.25) is 5.91 Å². The largest absolute Gasteiger partial charge is 0.425 e. The van der Waals surface area contributed by atoms with E-state index in [4.69, 9.17) is 4.74 Å². The number of amides is 1. The van der Waals surface area contributed by atoms with Crippen molar-refractivity contribution >= 4 is 11.9 Å². The number of carbonyl (C=O) groups is 2. The van der Waals surface area contributed by atoms with E-state index in [-0.39, 0.29) is 5.91 Å². The van der Waals surface area contributed by atoms with Crippen molar-refractivity contribution in [3.05, 3.63) is 30.3 Å². The maximum Gasteiger partial charge on any atom is 0.334 e. The van der Waals surface area contributed by atoms with Crippen LogP contribution in [0.3, 0.4) is 0 Å². The fourth-order valence-electron chi connectivity index (χ4n) is 1.47. The molecule has 0 spiro atoms. The van der Waals surface area contributed by atoms with Crippen molar-refractivity contribution in [1.29, 1.82) is 0 Å². The summed E-state index contributed by atoms with van der Waals surface area (Å²) in [5.41, 5.74) is 0. The summed E-state index contributed by atoms with van der Waals surface area (Å²) < 4.78 is 5.09. The molecule has 1 heterocycles. The van der Waals surface area contributed by atoms with Gasteiger partial charge >= 0.3 is 5.97 Å². The van der Waals surface area contributed by atoms with Gasteiger partial charge in [0.05, 0.1) is 0 Å². The first-order chi connectivity index (χ1) is 7.25. The molecule has 4 nitrogen and oxygen atoms in total. The first-order valence-electron chi connectivity index (χ1n) is 4.82. The molecule has 1 saturated heterocycles. The van der Waals surface area contributed by atoms with E-state index >= 15 is 0 Å². The smallest absolute Gasteiger partial charge is 0.334 e. The lowest BCUT2D eigenvalue weighted by atomic mass is 10.2. The topological polar surface area (TPSA) is 55.4 Å². The van der Waals surface area contributed by atoms with Crippen molar-refractivity contribution in [1.82, 2.24) is 5.32 Å². The first-order valence-corrected chi connectivity index (χ1v) is 4.82. The summed E-state index contributed by atoms with van der Waals surface area (Å²) in [6.07, 6.45) is 0.916. The number of hydrogen-bond acceptors (Lipinski definition) is 3. The summed E-state index contributed by atoms with van der Waals surface area (Å²) in [5.74, 6) is 0.0145. The summed E-state index contributed by atoms with van der Waals surface area (Å²) in [7, 11) is 0. The molecule has 1 aliphatic rings. The van der Waals surface area contributed by atoms with Crippen LogP contribution in [0.4, 0.5) is 0 Å². The van der Waals surface area contributed by atoms with Crippen LogP contribution in [0.2, 0.25) is 0 Å². The second-order valence-electron chi connectivity index (χ2n) is 3.39. The van der Waals surface area contributed by atoms with Crippen molar-refractivity contribution < 1.29 is 14.3 Å². The normalized spacial score (nSPS) is 19.7. The zero-order valence-electron chi connectivity index (χ0n) is 8.10. The predicted molar refractivity (Wildman–Crippen MR) is 53.2 cm³/mol. The van der Waals surface area contributed by atoms with E-state index in [1.807, 2.05) is 6.07 Å². The van der Waals surface area contributed by atoms with Crippen LogP contribution in [0.15, 0.2) is 30.3 Å². The molecule has 0 radical (unpaired) electrons. The van der Waals surface area contributed by atoms with Crippen molar-refractivity contribution in [3.8, 4) is 5.75 Å². The lowest BCUT2D eigenvalue weighted by Crippen LogP contribution is -2.36. The highest BCUT2D eigenvalue weighted by Crippen LogP contribution is 2.13. The Morgan fingerprint density at radius 2 is 2.07 bits per heavy atom. The minimum Gasteiger partial charge on any atom is -0.425 e. The second-order valence-corrected chi connectivity index (χ2v) is 3.39. The van der Waals surface area contributed by atoms with E-state index in [2.05, 4.69) is 5.32 Å². The number of para-hydroxylation sites is 1. The number of hydrogen-bond donors (Lipinski definition) is 1. The van der Waals surface area contributed by atoms with Gasteiger partial charge in [-0.1, -0.05) is 18.2 Å². The van der Waals surface area contributed by atoms with Crippen molar-refractivity contribution in [2.75, 3.05) is 0 Å². The Hall–Kier alpha value is -1.84. The van der Waals surface area contributed by atoms with E-state index in [1.165, 1.54) is 0 Å². The maximum atomic E-state index is 11.5. The van der Waals surface area contributed by atoms with E-state index in [0.29, 0.717) is 18.6 Å². The molecule has 1 aliphatic heterocycles. The molecule has 1 aromatic carbocycles. The number of ether oxygens (including phenoxy) is 1. The average molecular weight is 205 g/mol. The summed E-state index contributed by atoms with van der Waals surface area (Å²) in [6, 6.07) is 8.33. The molecular formula is C11H11NO3. The van der Waals surface area contributed by atoms with Crippen LogP contribution in [0.1, 0.15) is 12.8 Å². The Morgan fingerprint density at radius 3 is 2.67 bits per heavy atom. The van der Waals surface area contributed by atoms with Gasteiger partial charge in [0, 0.05) is 6.42 Å². The lowest BCUT2D eigenvalue weighted by Gasteiger charge is -2.09. The standard InChI is InChI=1S/C11H11NO3/c13-10-7-6-9(12-10)11(14)15-8-4-2-1-3-5-8/h1-5,9H,6-7H2,(H,12,13)/t9-/m0/s1. The molecule has 2 rings (SSSR count). The third-order valence-corrected chi connectivity index (χ3v) is 2.24. The van der Waals surface area contributed by atoms with E-state index in [0.717, 1.165) is 0 Å². The van der Waals surface area contributed by atoms with Crippen LogP contribution < -0.4 is 10.1 Å². The van der Waals surface area contributed by atoms with E-state index < -0.39 is 12.0 Å². The molecule has 0 unspecified atom stereocenters. The molecular weight excluding hydrogens is 194 g/mol. The molecule has 0 saturated carbocycles. The van der Waals surface area contributed by atoms with Gasteiger partial charge in [0.15, 0.2) is 0 Å². The zero-order valence-corrected chi connectivity index (χ0v) is 8.10. The van der Waals surface area contributed by atoms with Crippen LogP contribution in [0.25, 0.3) is 0 Å². The Balaban J connectivity index is 1.96. The number of esters is 1. The number of nitrogens with one attached hydrogen (secondary N) is 1. The maximum absolute atomic E-state index is 11.5. The minimum atomic E-state index is -0.488. The second kappa shape index (κ2) is 4.13. The monoisotopic (exact) mass is 205 g/mol. The summed E-state index contributed by atoms with van der Waals surface area (Å²) >= 11 is 0. The molecule has 1 amide bonds. The molecule has 1 atom stereocenters. The lowest BCUT2D eigenvalue weighted by molar-refractivity contribution is -0.137. The Bertz CT molecular complexity index is 375. The molecule has 1 fully saturated rings. The Morgan fingerprint density at radius 1 is 1.33 bits per heavy atom. The van der Waals surface area contributed by atoms with Crippen molar-refractivity contribution in [2.24, 2.45) is 0 Å². The summed E-state index contributed by atoms with van der Waals surface area (Å²) in [4.78, 5) is 22.4. The molecule has 0 bridgehead atoms. The predicted octanol–water partition coefficient (Wildman–Crippen LogP) is 0.871. The van der Waals surface area contributed by atoms with Gasteiger partial charge in [-0.05, 0) is 18.6 Å². The van der Waals surface area contributed by atoms with Crippen LogP contribution >= 0.6 is 0 Å². The average Bonchev–Trinajstić information content (AvgIpc) is 2.66. The van der Waals surface area contributed by atoms with E-state index in [9.17, 15) is 9.59 Å². The molecule has 4 heteroatoms. The van der Waals surface area contributed by atoms with Gasteiger partial charge < -0.3 is 10.1 Å². The molecule has 1 aromatic rings. The quantitative estimate of drug-likeness (QED) is 0.575. The highest BCUT2D eigenvalue weighted by molar-refractivity contribution is 5.88.